The monoisotopic (exact) mass is 364 g/mol. The summed E-state index contributed by atoms with van der Waals surface area (Å²) in [6, 6.07) is 9.48. The number of sulfonamides is 1. The SMILES string of the molecule is CC(C)C(C)NC(=O)C1CCN(S(=O)(=O)/C=C/c2ccccc2)CC1. The number of hydrogen-bond donors (Lipinski definition) is 1. The summed E-state index contributed by atoms with van der Waals surface area (Å²) in [5.74, 6) is 0.316. The third-order valence-corrected chi connectivity index (χ3v) is 6.35. The number of amides is 1. The largest absolute Gasteiger partial charge is 0.353 e. The Morgan fingerprint density at radius 2 is 1.76 bits per heavy atom. The molecule has 0 spiro atoms. The second-order valence-electron chi connectivity index (χ2n) is 6.97. The van der Waals surface area contributed by atoms with Crippen LogP contribution in [0.4, 0.5) is 0 Å². The average molecular weight is 365 g/mol. The van der Waals surface area contributed by atoms with Gasteiger partial charge in [0.2, 0.25) is 15.9 Å². The first-order chi connectivity index (χ1) is 11.8. The Morgan fingerprint density at radius 3 is 2.32 bits per heavy atom. The number of nitrogens with one attached hydrogen (secondary N) is 1. The van der Waals surface area contributed by atoms with Crippen molar-refractivity contribution in [2.24, 2.45) is 11.8 Å². The summed E-state index contributed by atoms with van der Waals surface area (Å²) in [6.45, 7) is 6.90. The smallest absolute Gasteiger partial charge is 0.236 e. The van der Waals surface area contributed by atoms with Gasteiger partial charge in [-0.3, -0.25) is 4.79 Å². The standard InChI is InChI=1S/C19H28N2O3S/c1-15(2)16(3)20-19(22)18-9-12-21(13-10-18)25(23,24)14-11-17-7-5-4-6-8-17/h4-8,11,14-16,18H,9-10,12-13H2,1-3H3,(H,20,22)/b14-11+. The lowest BCUT2D eigenvalue weighted by Gasteiger charge is -2.30. The molecule has 1 aliphatic heterocycles. The Hall–Kier alpha value is -1.66. The van der Waals surface area contributed by atoms with Crippen LogP contribution in [0, 0.1) is 11.8 Å². The zero-order valence-corrected chi connectivity index (χ0v) is 16.0. The number of carbonyl (C=O) groups excluding carboxylic acids is 1. The van der Waals surface area contributed by atoms with E-state index >= 15 is 0 Å². The van der Waals surface area contributed by atoms with Gasteiger partial charge in [-0.1, -0.05) is 44.2 Å². The molecule has 5 nitrogen and oxygen atoms in total. The minimum absolute atomic E-state index is 0.0399. The van der Waals surface area contributed by atoms with E-state index in [0.29, 0.717) is 31.8 Å². The molecule has 2 rings (SSSR count). The number of nitrogens with zero attached hydrogens (tertiary/aromatic N) is 1. The summed E-state index contributed by atoms with van der Waals surface area (Å²) in [5.41, 5.74) is 0.850. The van der Waals surface area contributed by atoms with Gasteiger partial charge in [-0.2, -0.15) is 4.31 Å². The summed E-state index contributed by atoms with van der Waals surface area (Å²) >= 11 is 0. The zero-order valence-electron chi connectivity index (χ0n) is 15.2. The molecule has 1 saturated heterocycles. The van der Waals surface area contributed by atoms with E-state index in [1.54, 1.807) is 6.08 Å². The molecular weight excluding hydrogens is 336 g/mol. The van der Waals surface area contributed by atoms with E-state index in [4.69, 9.17) is 0 Å². The van der Waals surface area contributed by atoms with Crippen molar-refractivity contribution in [2.75, 3.05) is 13.1 Å². The van der Waals surface area contributed by atoms with Crippen LogP contribution >= 0.6 is 0 Å². The van der Waals surface area contributed by atoms with Gasteiger partial charge in [0.15, 0.2) is 0 Å². The quantitative estimate of drug-likeness (QED) is 0.844. The summed E-state index contributed by atoms with van der Waals surface area (Å²) in [4.78, 5) is 12.3. The minimum atomic E-state index is -3.45. The van der Waals surface area contributed by atoms with E-state index in [2.05, 4.69) is 19.2 Å². The molecule has 0 aromatic heterocycles. The van der Waals surface area contributed by atoms with E-state index in [9.17, 15) is 13.2 Å². The van der Waals surface area contributed by atoms with E-state index in [1.807, 2.05) is 37.3 Å². The van der Waals surface area contributed by atoms with Crippen molar-refractivity contribution in [2.45, 2.75) is 39.7 Å². The highest BCUT2D eigenvalue weighted by atomic mass is 32.2. The molecule has 0 aliphatic carbocycles. The van der Waals surface area contributed by atoms with Crippen LogP contribution in [0.25, 0.3) is 6.08 Å². The molecule has 1 unspecified atom stereocenters. The Kier molecular flexibility index (Phi) is 6.79. The Balaban J connectivity index is 1.90. The van der Waals surface area contributed by atoms with Crippen LogP contribution < -0.4 is 5.32 Å². The molecule has 0 bridgehead atoms. The van der Waals surface area contributed by atoms with E-state index in [-0.39, 0.29) is 17.9 Å². The molecule has 1 aromatic rings. The number of piperidine rings is 1. The Morgan fingerprint density at radius 1 is 1.16 bits per heavy atom. The Bertz CT molecular complexity index is 691. The van der Waals surface area contributed by atoms with E-state index in [0.717, 1.165) is 5.56 Å². The lowest BCUT2D eigenvalue weighted by molar-refractivity contribution is -0.127. The molecule has 1 N–H and O–H groups in total. The summed E-state index contributed by atoms with van der Waals surface area (Å²) in [7, 11) is -3.45. The fourth-order valence-electron chi connectivity index (χ4n) is 2.70. The Labute approximate surface area is 151 Å². The predicted molar refractivity (Wildman–Crippen MR) is 101 cm³/mol. The molecule has 1 aromatic carbocycles. The van der Waals surface area contributed by atoms with Gasteiger partial charge in [-0.25, -0.2) is 8.42 Å². The highest BCUT2D eigenvalue weighted by molar-refractivity contribution is 7.92. The number of carbonyl (C=O) groups is 1. The summed E-state index contributed by atoms with van der Waals surface area (Å²) in [6.07, 6.45) is 2.74. The van der Waals surface area contributed by atoms with Crippen molar-refractivity contribution in [3.8, 4) is 0 Å². The highest BCUT2D eigenvalue weighted by Crippen LogP contribution is 2.21. The lowest BCUT2D eigenvalue weighted by atomic mass is 9.96. The predicted octanol–water partition coefficient (Wildman–Crippen LogP) is 2.86. The maximum atomic E-state index is 12.4. The minimum Gasteiger partial charge on any atom is -0.353 e. The summed E-state index contributed by atoms with van der Waals surface area (Å²) < 4.78 is 26.3. The molecule has 1 fully saturated rings. The molecular formula is C19H28N2O3S. The number of hydrogen-bond acceptors (Lipinski definition) is 3. The van der Waals surface area contributed by atoms with Gasteiger partial charge < -0.3 is 5.32 Å². The van der Waals surface area contributed by atoms with Crippen LogP contribution in [0.15, 0.2) is 35.7 Å². The fraction of sp³-hybridized carbons (Fsp3) is 0.526. The van der Waals surface area contributed by atoms with Crippen molar-refractivity contribution in [1.82, 2.24) is 9.62 Å². The number of rotatable bonds is 6. The molecule has 0 radical (unpaired) electrons. The van der Waals surface area contributed by atoms with Crippen LogP contribution in [0.1, 0.15) is 39.2 Å². The average Bonchev–Trinajstić information content (AvgIpc) is 2.61. The molecule has 25 heavy (non-hydrogen) atoms. The van der Waals surface area contributed by atoms with Gasteiger partial charge in [0.25, 0.3) is 0 Å². The molecule has 138 valence electrons. The van der Waals surface area contributed by atoms with Gasteiger partial charge >= 0.3 is 0 Å². The van der Waals surface area contributed by atoms with Crippen LogP contribution in [-0.2, 0) is 14.8 Å². The maximum Gasteiger partial charge on any atom is 0.236 e. The highest BCUT2D eigenvalue weighted by Gasteiger charge is 2.30. The second-order valence-corrected chi connectivity index (χ2v) is 8.79. The second kappa shape index (κ2) is 8.63. The molecule has 1 aliphatic rings. The molecule has 6 heteroatoms. The maximum absolute atomic E-state index is 12.4. The van der Waals surface area contributed by atoms with Crippen LogP contribution in [0.3, 0.4) is 0 Å². The van der Waals surface area contributed by atoms with Gasteiger partial charge in [-0.15, -0.1) is 0 Å². The van der Waals surface area contributed by atoms with Gasteiger partial charge in [0.05, 0.1) is 0 Å². The van der Waals surface area contributed by atoms with Gasteiger partial charge in [-0.05, 0) is 37.3 Å². The van der Waals surface area contributed by atoms with Gasteiger partial charge in [0, 0.05) is 30.5 Å². The molecule has 1 atom stereocenters. The third kappa shape index (κ3) is 5.68. The number of benzene rings is 1. The topological polar surface area (TPSA) is 66.5 Å². The normalized spacial score (nSPS) is 18.6. The fourth-order valence-corrected chi connectivity index (χ4v) is 3.92. The molecule has 1 heterocycles. The van der Waals surface area contributed by atoms with E-state index < -0.39 is 10.0 Å². The van der Waals surface area contributed by atoms with Crippen molar-refractivity contribution in [1.29, 1.82) is 0 Å². The third-order valence-electron chi connectivity index (χ3n) is 4.79. The van der Waals surface area contributed by atoms with Crippen LogP contribution in [0.2, 0.25) is 0 Å². The van der Waals surface area contributed by atoms with Crippen molar-refractivity contribution in [3.05, 3.63) is 41.3 Å². The van der Waals surface area contributed by atoms with E-state index in [1.165, 1.54) is 9.71 Å². The van der Waals surface area contributed by atoms with Crippen molar-refractivity contribution in [3.63, 3.8) is 0 Å². The first kappa shape index (κ1) is 19.7. The first-order valence-electron chi connectivity index (χ1n) is 8.83. The lowest BCUT2D eigenvalue weighted by Crippen LogP contribution is -2.45. The molecule has 0 saturated carbocycles. The van der Waals surface area contributed by atoms with Crippen molar-refractivity contribution >= 4 is 22.0 Å². The van der Waals surface area contributed by atoms with Crippen molar-refractivity contribution < 1.29 is 13.2 Å². The molecule has 1 amide bonds. The van der Waals surface area contributed by atoms with Crippen LogP contribution in [0.5, 0.6) is 0 Å². The first-order valence-corrected chi connectivity index (χ1v) is 10.3. The zero-order chi connectivity index (χ0) is 18.4. The van der Waals surface area contributed by atoms with Crippen LogP contribution in [-0.4, -0.2) is 37.8 Å². The summed E-state index contributed by atoms with van der Waals surface area (Å²) in [5, 5.41) is 4.28. The van der Waals surface area contributed by atoms with Gasteiger partial charge in [0.1, 0.15) is 0 Å².